The standard InChI is InChI=1S/C12H13F2NO4/c1-7(2)17-6-11(16)15-8-3-4-9-10(5-8)19-12(13,14)18-9/h3-5,7H,6H2,1-2H3,(H,15,16). The number of anilines is 1. The van der Waals surface area contributed by atoms with E-state index < -0.39 is 6.29 Å². The van der Waals surface area contributed by atoms with Crippen LogP contribution in [0.5, 0.6) is 11.5 Å². The van der Waals surface area contributed by atoms with Crippen molar-refractivity contribution >= 4 is 11.6 Å². The molecule has 0 bridgehead atoms. The lowest BCUT2D eigenvalue weighted by Crippen LogP contribution is -2.25. The Hall–Kier alpha value is -1.89. The van der Waals surface area contributed by atoms with Crippen LogP contribution in [0.4, 0.5) is 14.5 Å². The van der Waals surface area contributed by atoms with Gasteiger partial charge in [-0.1, -0.05) is 0 Å². The summed E-state index contributed by atoms with van der Waals surface area (Å²) in [5, 5.41) is 2.51. The smallest absolute Gasteiger partial charge is 0.395 e. The van der Waals surface area contributed by atoms with Gasteiger partial charge in [0.05, 0.1) is 6.10 Å². The Morgan fingerprint density at radius 2 is 2.05 bits per heavy atom. The van der Waals surface area contributed by atoms with Crippen LogP contribution in [0.15, 0.2) is 18.2 Å². The number of benzene rings is 1. The Bertz CT molecular complexity index is 491. The summed E-state index contributed by atoms with van der Waals surface area (Å²) in [7, 11) is 0. The highest BCUT2D eigenvalue weighted by Crippen LogP contribution is 2.42. The first-order valence-corrected chi connectivity index (χ1v) is 5.67. The number of amides is 1. The molecule has 1 aliphatic heterocycles. The Morgan fingerprint density at radius 1 is 1.37 bits per heavy atom. The Labute approximate surface area is 108 Å². The average Bonchev–Trinajstić information content (AvgIpc) is 2.59. The maximum absolute atomic E-state index is 12.8. The summed E-state index contributed by atoms with van der Waals surface area (Å²) in [6.45, 7) is 3.49. The zero-order valence-corrected chi connectivity index (χ0v) is 10.4. The summed E-state index contributed by atoms with van der Waals surface area (Å²) in [6.07, 6.45) is -3.73. The van der Waals surface area contributed by atoms with Gasteiger partial charge in [0.15, 0.2) is 11.5 Å². The van der Waals surface area contributed by atoms with Crippen LogP contribution < -0.4 is 14.8 Å². The number of hydrogen-bond acceptors (Lipinski definition) is 4. The van der Waals surface area contributed by atoms with Crippen molar-refractivity contribution in [3.8, 4) is 11.5 Å². The molecule has 0 fully saturated rings. The van der Waals surface area contributed by atoms with E-state index in [1.54, 1.807) is 13.8 Å². The SMILES string of the molecule is CC(C)OCC(=O)Nc1ccc2c(c1)OC(F)(F)O2. The molecule has 1 amide bonds. The lowest BCUT2D eigenvalue weighted by Gasteiger charge is -2.08. The van der Waals surface area contributed by atoms with Crippen molar-refractivity contribution in [3.05, 3.63) is 18.2 Å². The molecule has 0 saturated heterocycles. The van der Waals surface area contributed by atoms with E-state index in [0.29, 0.717) is 5.69 Å². The van der Waals surface area contributed by atoms with Crippen molar-refractivity contribution < 1.29 is 27.8 Å². The molecule has 0 radical (unpaired) electrons. The van der Waals surface area contributed by atoms with E-state index in [4.69, 9.17) is 4.74 Å². The molecule has 0 atom stereocenters. The minimum atomic E-state index is -3.66. The zero-order valence-electron chi connectivity index (χ0n) is 10.4. The van der Waals surface area contributed by atoms with Crippen molar-refractivity contribution in [1.82, 2.24) is 0 Å². The van der Waals surface area contributed by atoms with Crippen LogP contribution in [0.2, 0.25) is 0 Å². The number of rotatable bonds is 4. The molecule has 0 spiro atoms. The first-order valence-electron chi connectivity index (χ1n) is 5.67. The van der Waals surface area contributed by atoms with Gasteiger partial charge in [-0.3, -0.25) is 4.79 Å². The van der Waals surface area contributed by atoms with Crippen molar-refractivity contribution in [3.63, 3.8) is 0 Å². The van der Waals surface area contributed by atoms with E-state index in [-0.39, 0.29) is 30.1 Å². The molecule has 7 heteroatoms. The Morgan fingerprint density at radius 3 is 2.74 bits per heavy atom. The summed E-state index contributed by atoms with van der Waals surface area (Å²) in [4.78, 5) is 11.5. The molecule has 0 aromatic heterocycles. The summed E-state index contributed by atoms with van der Waals surface area (Å²) in [5.74, 6) is -0.562. The van der Waals surface area contributed by atoms with E-state index in [0.717, 1.165) is 0 Å². The van der Waals surface area contributed by atoms with E-state index in [9.17, 15) is 13.6 Å². The summed E-state index contributed by atoms with van der Waals surface area (Å²) < 4.78 is 39.2. The second-order valence-corrected chi connectivity index (χ2v) is 4.24. The zero-order chi connectivity index (χ0) is 14.0. The molecule has 1 aromatic rings. The molecule has 5 nitrogen and oxygen atoms in total. The van der Waals surface area contributed by atoms with Gasteiger partial charge in [-0.15, -0.1) is 8.78 Å². The molecular weight excluding hydrogens is 260 g/mol. The van der Waals surface area contributed by atoms with Crippen molar-refractivity contribution in [2.24, 2.45) is 0 Å². The highest BCUT2D eigenvalue weighted by molar-refractivity contribution is 5.92. The Balaban J connectivity index is 1.98. The van der Waals surface area contributed by atoms with E-state index in [2.05, 4.69) is 14.8 Å². The van der Waals surface area contributed by atoms with Gasteiger partial charge in [0, 0.05) is 11.8 Å². The Kier molecular flexibility index (Phi) is 3.57. The second kappa shape index (κ2) is 5.00. The number of carbonyl (C=O) groups is 1. The highest BCUT2D eigenvalue weighted by atomic mass is 19.3. The molecule has 1 aliphatic rings. The number of nitrogens with one attached hydrogen (secondary N) is 1. The van der Waals surface area contributed by atoms with Gasteiger partial charge in [-0.25, -0.2) is 0 Å². The van der Waals surface area contributed by atoms with Crippen LogP contribution >= 0.6 is 0 Å². The van der Waals surface area contributed by atoms with Gasteiger partial charge in [0.1, 0.15) is 6.61 Å². The minimum absolute atomic E-state index is 0.0681. The van der Waals surface area contributed by atoms with Crippen LogP contribution in [0.25, 0.3) is 0 Å². The lowest BCUT2D eigenvalue weighted by molar-refractivity contribution is -0.286. The number of alkyl halides is 2. The molecule has 1 heterocycles. The molecule has 19 heavy (non-hydrogen) atoms. The molecule has 2 rings (SSSR count). The van der Waals surface area contributed by atoms with E-state index in [1.165, 1.54) is 18.2 Å². The fourth-order valence-corrected chi connectivity index (χ4v) is 1.47. The molecule has 0 saturated carbocycles. The fourth-order valence-electron chi connectivity index (χ4n) is 1.47. The van der Waals surface area contributed by atoms with E-state index >= 15 is 0 Å². The van der Waals surface area contributed by atoms with Crippen LogP contribution in [0.1, 0.15) is 13.8 Å². The topological polar surface area (TPSA) is 56.8 Å². The number of fused-ring (bicyclic) bond motifs is 1. The minimum Gasteiger partial charge on any atom is -0.395 e. The van der Waals surface area contributed by atoms with Gasteiger partial charge in [-0.2, -0.15) is 0 Å². The number of ether oxygens (including phenoxy) is 3. The van der Waals surface area contributed by atoms with Gasteiger partial charge in [-0.05, 0) is 26.0 Å². The number of halogens is 2. The van der Waals surface area contributed by atoms with Gasteiger partial charge in [0.2, 0.25) is 5.91 Å². The summed E-state index contributed by atoms with van der Waals surface area (Å²) in [5.41, 5.74) is 0.331. The maximum atomic E-state index is 12.8. The van der Waals surface area contributed by atoms with Crippen molar-refractivity contribution in [2.75, 3.05) is 11.9 Å². The quantitative estimate of drug-likeness (QED) is 0.915. The van der Waals surface area contributed by atoms with Gasteiger partial charge < -0.3 is 19.5 Å². The van der Waals surface area contributed by atoms with Crippen molar-refractivity contribution in [1.29, 1.82) is 0 Å². The first kappa shape index (κ1) is 13.5. The van der Waals surface area contributed by atoms with Crippen molar-refractivity contribution in [2.45, 2.75) is 26.2 Å². The number of hydrogen-bond donors (Lipinski definition) is 1. The third-order valence-corrected chi connectivity index (χ3v) is 2.23. The third-order valence-electron chi connectivity index (χ3n) is 2.23. The molecule has 1 N–H and O–H groups in total. The molecule has 0 aliphatic carbocycles. The lowest BCUT2D eigenvalue weighted by atomic mass is 10.3. The summed E-state index contributed by atoms with van der Waals surface area (Å²) >= 11 is 0. The molecule has 0 unspecified atom stereocenters. The molecule has 1 aromatic carbocycles. The highest BCUT2D eigenvalue weighted by Gasteiger charge is 2.43. The second-order valence-electron chi connectivity index (χ2n) is 4.24. The molecule has 104 valence electrons. The van der Waals surface area contributed by atoms with Gasteiger partial charge in [0.25, 0.3) is 0 Å². The van der Waals surface area contributed by atoms with Crippen LogP contribution in [-0.2, 0) is 9.53 Å². The van der Waals surface area contributed by atoms with E-state index in [1.807, 2.05) is 0 Å². The largest absolute Gasteiger partial charge is 0.586 e. The first-order chi connectivity index (χ1) is 8.85. The van der Waals surface area contributed by atoms with Crippen LogP contribution in [0.3, 0.4) is 0 Å². The monoisotopic (exact) mass is 273 g/mol. The maximum Gasteiger partial charge on any atom is 0.586 e. The fraction of sp³-hybridized carbons (Fsp3) is 0.417. The molecular formula is C12H13F2NO4. The third kappa shape index (κ3) is 3.54. The summed E-state index contributed by atoms with van der Waals surface area (Å²) in [6, 6.07) is 4.01. The predicted octanol–water partition coefficient (Wildman–Crippen LogP) is 2.37. The predicted molar refractivity (Wildman–Crippen MR) is 62.4 cm³/mol. The average molecular weight is 273 g/mol. The normalized spacial score (nSPS) is 15.6. The number of carbonyl (C=O) groups excluding carboxylic acids is 1. The van der Waals surface area contributed by atoms with Crippen LogP contribution in [-0.4, -0.2) is 24.9 Å². The van der Waals surface area contributed by atoms with Gasteiger partial charge >= 0.3 is 6.29 Å². The van der Waals surface area contributed by atoms with Crippen LogP contribution in [0, 0.1) is 0 Å².